The first kappa shape index (κ1) is 11.4. The van der Waals surface area contributed by atoms with Crippen LogP contribution in [0.4, 0.5) is 0 Å². The second kappa shape index (κ2) is 4.81. The number of morpholine rings is 1. The zero-order valence-electron chi connectivity index (χ0n) is 10.00. The van der Waals surface area contributed by atoms with Crippen LogP contribution in [-0.2, 0) is 9.47 Å². The van der Waals surface area contributed by atoms with Crippen molar-refractivity contribution in [2.75, 3.05) is 39.5 Å². The minimum Gasteiger partial charge on any atom is -0.379 e. The van der Waals surface area contributed by atoms with Gasteiger partial charge in [0.25, 0.3) is 0 Å². The molecule has 1 heterocycles. The molecule has 2 aliphatic rings. The van der Waals surface area contributed by atoms with Gasteiger partial charge in [-0.25, -0.2) is 0 Å². The Labute approximate surface area is 92.7 Å². The van der Waals surface area contributed by atoms with Gasteiger partial charge in [0.15, 0.2) is 0 Å². The van der Waals surface area contributed by atoms with Gasteiger partial charge in [-0.3, -0.25) is 4.90 Å². The number of hydrogen-bond acceptors (Lipinski definition) is 3. The van der Waals surface area contributed by atoms with Crippen molar-refractivity contribution in [1.29, 1.82) is 0 Å². The predicted molar refractivity (Wildman–Crippen MR) is 60.0 cm³/mol. The third-order valence-corrected chi connectivity index (χ3v) is 3.34. The van der Waals surface area contributed by atoms with Gasteiger partial charge in [0.1, 0.15) is 0 Å². The molecule has 3 heteroatoms. The molecule has 0 atom stereocenters. The van der Waals surface area contributed by atoms with E-state index in [1.165, 1.54) is 19.4 Å². The summed E-state index contributed by atoms with van der Waals surface area (Å²) in [6.07, 6.45) is 3.06. The van der Waals surface area contributed by atoms with Crippen molar-refractivity contribution < 1.29 is 9.47 Å². The molecule has 0 aromatic rings. The Morgan fingerprint density at radius 1 is 1.27 bits per heavy atom. The topological polar surface area (TPSA) is 21.7 Å². The van der Waals surface area contributed by atoms with E-state index in [4.69, 9.17) is 9.47 Å². The van der Waals surface area contributed by atoms with E-state index >= 15 is 0 Å². The van der Waals surface area contributed by atoms with Gasteiger partial charge in [-0.2, -0.15) is 0 Å². The number of ether oxygens (including phenoxy) is 2. The first-order chi connectivity index (χ1) is 7.20. The minimum absolute atomic E-state index is 0.368. The average Bonchev–Trinajstić information content (AvgIpc) is 2.97. The number of rotatable bonds is 5. The van der Waals surface area contributed by atoms with Crippen LogP contribution in [0.2, 0.25) is 0 Å². The highest BCUT2D eigenvalue weighted by Gasteiger charge is 2.44. The molecule has 0 aromatic carbocycles. The van der Waals surface area contributed by atoms with Gasteiger partial charge >= 0.3 is 0 Å². The van der Waals surface area contributed by atoms with Crippen LogP contribution in [0.15, 0.2) is 0 Å². The highest BCUT2D eigenvalue weighted by Crippen LogP contribution is 2.46. The van der Waals surface area contributed by atoms with Gasteiger partial charge in [-0.15, -0.1) is 0 Å². The van der Waals surface area contributed by atoms with E-state index < -0.39 is 0 Å². The van der Waals surface area contributed by atoms with E-state index in [1.54, 1.807) is 0 Å². The zero-order chi connectivity index (χ0) is 10.7. The lowest BCUT2D eigenvalue weighted by Gasteiger charge is -2.30. The summed E-state index contributed by atoms with van der Waals surface area (Å²) < 4.78 is 11.1. The Morgan fingerprint density at radius 2 is 1.93 bits per heavy atom. The molecule has 0 unspecified atom stereocenters. The normalized spacial score (nSPS) is 25.8. The standard InChI is InChI=1S/C12H23NO2/c1-11(2)15-10-12(3-4-12)9-13-5-7-14-8-6-13/h11H,3-10H2,1-2H3. The fourth-order valence-electron chi connectivity index (χ4n) is 2.10. The highest BCUT2D eigenvalue weighted by molar-refractivity contribution is 4.95. The van der Waals surface area contributed by atoms with Crippen molar-refractivity contribution in [2.45, 2.75) is 32.8 Å². The SMILES string of the molecule is CC(C)OCC1(CN2CCOCC2)CC1. The molecular formula is C12H23NO2. The molecule has 2 fully saturated rings. The van der Waals surface area contributed by atoms with E-state index in [0.29, 0.717) is 11.5 Å². The maximum atomic E-state index is 5.75. The van der Waals surface area contributed by atoms with Crippen molar-refractivity contribution in [3.8, 4) is 0 Å². The molecule has 0 radical (unpaired) electrons. The molecule has 0 aromatic heterocycles. The van der Waals surface area contributed by atoms with Crippen molar-refractivity contribution in [3.05, 3.63) is 0 Å². The Hall–Kier alpha value is -0.120. The number of hydrogen-bond donors (Lipinski definition) is 0. The third-order valence-electron chi connectivity index (χ3n) is 3.34. The van der Waals surface area contributed by atoms with Crippen LogP contribution in [0.5, 0.6) is 0 Å². The summed E-state index contributed by atoms with van der Waals surface area (Å²) in [6, 6.07) is 0. The Kier molecular flexibility index (Phi) is 3.65. The molecule has 0 bridgehead atoms. The molecular weight excluding hydrogens is 190 g/mol. The van der Waals surface area contributed by atoms with Crippen LogP contribution in [0.25, 0.3) is 0 Å². The van der Waals surface area contributed by atoms with Gasteiger partial charge in [-0.1, -0.05) is 0 Å². The molecule has 1 aliphatic heterocycles. The first-order valence-electron chi connectivity index (χ1n) is 6.12. The van der Waals surface area contributed by atoms with Gasteiger partial charge in [0.05, 0.1) is 25.9 Å². The summed E-state index contributed by atoms with van der Waals surface area (Å²) in [4.78, 5) is 2.53. The van der Waals surface area contributed by atoms with Crippen molar-refractivity contribution in [2.24, 2.45) is 5.41 Å². The van der Waals surface area contributed by atoms with Gasteiger partial charge in [0, 0.05) is 25.0 Å². The average molecular weight is 213 g/mol. The highest BCUT2D eigenvalue weighted by atomic mass is 16.5. The first-order valence-corrected chi connectivity index (χ1v) is 6.12. The van der Waals surface area contributed by atoms with E-state index in [2.05, 4.69) is 18.7 Å². The molecule has 1 aliphatic carbocycles. The van der Waals surface area contributed by atoms with Crippen LogP contribution in [-0.4, -0.2) is 50.5 Å². The van der Waals surface area contributed by atoms with Crippen LogP contribution in [0, 0.1) is 5.41 Å². The molecule has 0 amide bonds. The molecule has 1 saturated carbocycles. The molecule has 1 saturated heterocycles. The summed E-state index contributed by atoms with van der Waals surface area (Å²) in [5.41, 5.74) is 0.488. The molecule has 3 nitrogen and oxygen atoms in total. The van der Waals surface area contributed by atoms with Gasteiger partial charge < -0.3 is 9.47 Å². The minimum atomic E-state index is 0.368. The monoisotopic (exact) mass is 213 g/mol. The van der Waals surface area contributed by atoms with Crippen LogP contribution in [0.1, 0.15) is 26.7 Å². The fourth-order valence-corrected chi connectivity index (χ4v) is 2.10. The van der Waals surface area contributed by atoms with E-state index in [1.807, 2.05) is 0 Å². The summed E-state index contributed by atoms with van der Waals surface area (Å²) in [5, 5.41) is 0. The van der Waals surface area contributed by atoms with Gasteiger partial charge in [0.2, 0.25) is 0 Å². The smallest absolute Gasteiger partial charge is 0.0594 e. The van der Waals surface area contributed by atoms with E-state index in [0.717, 1.165) is 32.9 Å². The largest absolute Gasteiger partial charge is 0.379 e. The van der Waals surface area contributed by atoms with Crippen LogP contribution >= 0.6 is 0 Å². The van der Waals surface area contributed by atoms with E-state index in [-0.39, 0.29) is 0 Å². The van der Waals surface area contributed by atoms with Crippen LogP contribution < -0.4 is 0 Å². The second-order valence-corrected chi connectivity index (χ2v) is 5.25. The third kappa shape index (κ3) is 3.44. The van der Waals surface area contributed by atoms with Crippen LogP contribution in [0.3, 0.4) is 0 Å². The van der Waals surface area contributed by atoms with Gasteiger partial charge in [-0.05, 0) is 26.7 Å². The molecule has 15 heavy (non-hydrogen) atoms. The Balaban J connectivity index is 1.72. The lowest BCUT2D eigenvalue weighted by atomic mass is 10.1. The molecule has 88 valence electrons. The fraction of sp³-hybridized carbons (Fsp3) is 1.00. The maximum Gasteiger partial charge on any atom is 0.0594 e. The Morgan fingerprint density at radius 3 is 2.47 bits per heavy atom. The van der Waals surface area contributed by atoms with Crippen molar-refractivity contribution in [1.82, 2.24) is 4.90 Å². The predicted octanol–water partition coefficient (Wildman–Crippen LogP) is 1.52. The Bertz CT molecular complexity index is 196. The molecule has 0 N–H and O–H groups in total. The van der Waals surface area contributed by atoms with Crippen molar-refractivity contribution in [3.63, 3.8) is 0 Å². The maximum absolute atomic E-state index is 5.75. The quantitative estimate of drug-likeness (QED) is 0.691. The summed E-state index contributed by atoms with van der Waals surface area (Å²) >= 11 is 0. The molecule has 0 spiro atoms. The summed E-state index contributed by atoms with van der Waals surface area (Å²) in [7, 11) is 0. The van der Waals surface area contributed by atoms with E-state index in [9.17, 15) is 0 Å². The summed E-state index contributed by atoms with van der Waals surface area (Å²) in [6.45, 7) is 10.4. The number of nitrogens with zero attached hydrogens (tertiary/aromatic N) is 1. The second-order valence-electron chi connectivity index (χ2n) is 5.25. The van der Waals surface area contributed by atoms with Crippen molar-refractivity contribution >= 4 is 0 Å². The lowest BCUT2D eigenvalue weighted by molar-refractivity contribution is 0.000529. The zero-order valence-corrected chi connectivity index (χ0v) is 10.00. The lowest BCUT2D eigenvalue weighted by Crippen LogP contribution is -2.41. The summed E-state index contributed by atoms with van der Waals surface area (Å²) in [5.74, 6) is 0. The molecule has 2 rings (SSSR count).